The van der Waals surface area contributed by atoms with Crippen molar-refractivity contribution in [1.82, 2.24) is 40.3 Å². The van der Waals surface area contributed by atoms with Gasteiger partial charge in [0, 0.05) is 101 Å². The first-order valence-electron chi connectivity index (χ1n) is 24.6. The molecule has 73 heavy (non-hydrogen) atoms. The fourth-order valence-electron chi connectivity index (χ4n) is 7.10. The normalized spacial score (nSPS) is 11.7. The van der Waals surface area contributed by atoms with Gasteiger partial charge in [0.05, 0.1) is 51.6 Å². The second-order valence-corrected chi connectivity index (χ2v) is 16.8. The van der Waals surface area contributed by atoms with Crippen molar-refractivity contribution in [2.24, 2.45) is 5.92 Å². The number of hydrogen-bond donors (Lipinski definition) is 5. The number of aliphatic hydroxyl groups is 2. The second kappa shape index (κ2) is 32.6. The molecular formula is C54H78N10O9. The maximum atomic E-state index is 10.0. The van der Waals surface area contributed by atoms with Crippen molar-refractivity contribution in [3.05, 3.63) is 91.3 Å². The zero-order chi connectivity index (χ0) is 53.0. The topological polar surface area (TPSA) is 214 Å². The molecule has 5 N–H and O–H groups in total. The van der Waals surface area contributed by atoms with E-state index in [2.05, 4.69) is 39.8 Å². The highest BCUT2D eigenvalue weighted by Crippen LogP contribution is 2.34. The van der Waals surface area contributed by atoms with Crippen LogP contribution in [0, 0.1) is 5.92 Å². The Balaban J connectivity index is 0.000000307. The van der Waals surface area contributed by atoms with Gasteiger partial charge in [-0.15, -0.1) is 0 Å². The second-order valence-electron chi connectivity index (χ2n) is 16.8. The molecule has 19 nitrogen and oxygen atoms in total. The highest BCUT2D eigenvalue weighted by Gasteiger charge is 2.18. The van der Waals surface area contributed by atoms with E-state index in [4.69, 9.17) is 53.1 Å². The lowest BCUT2D eigenvalue weighted by atomic mass is 10.1. The molecule has 0 radical (unpaired) electrons. The number of hydrogen-bond acceptors (Lipinski definition) is 18. The minimum absolute atomic E-state index is 0.181. The fraction of sp³-hybridized carbons (Fsp3) is 0.463. The molecule has 0 fully saturated rings. The summed E-state index contributed by atoms with van der Waals surface area (Å²) < 4.78 is 40.2. The molecule has 0 aliphatic heterocycles. The van der Waals surface area contributed by atoms with Crippen molar-refractivity contribution >= 4 is 11.6 Å². The van der Waals surface area contributed by atoms with Crippen molar-refractivity contribution in [1.29, 1.82) is 0 Å². The van der Waals surface area contributed by atoms with Crippen molar-refractivity contribution in [3.63, 3.8) is 0 Å². The molecule has 0 spiro atoms. The molecule has 398 valence electrons. The molecule has 0 bridgehead atoms. The number of aliphatic hydroxyl groups excluding tert-OH is 2. The van der Waals surface area contributed by atoms with Crippen LogP contribution in [0.15, 0.2) is 91.3 Å². The van der Waals surface area contributed by atoms with Crippen LogP contribution in [0.3, 0.4) is 0 Å². The van der Waals surface area contributed by atoms with Crippen molar-refractivity contribution in [2.75, 3.05) is 126 Å². The summed E-state index contributed by atoms with van der Waals surface area (Å²) in [6.45, 7) is 14.0. The summed E-state index contributed by atoms with van der Waals surface area (Å²) in [6, 6.07) is 24.6. The summed E-state index contributed by atoms with van der Waals surface area (Å²) in [5.41, 5.74) is 4.90. The minimum Gasteiger partial charge on any atom is -0.493 e. The molecule has 3 heterocycles. The molecule has 2 unspecified atom stereocenters. The third-order valence-electron chi connectivity index (χ3n) is 10.6. The van der Waals surface area contributed by atoms with E-state index < -0.39 is 12.2 Å². The molecule has 0 aliphatic carbocycles. The Morgan fingerprint density at radius 3 is 1.71 bits per heavy atom. The third kappa shape index (κ3) is 19.5. The molecule has 6 rings (SSSR count). The number of aromatic nitrogens is 6. The van der Waals surface area contributed by atoms with E-state index in [0.717, 1.165) is 46.0 Å². The van der Waals surface area contributed by atoms with E-state index in [1.807, 2.05) is 110 Å². The minimum atomic E-state index is -0.602. The van der Waals surface area contributed by atoms with E-state index in [0.29, 0.717) is 98.9 Å². The molecule has 0 saturated heterocycles. The lowest BCUT2D eigenvalue weighted by molar-refractivity contribution is 0.108. The summed E-state index contributed by atoms with van der Waals surface area (Å²) in [5.74, 6) is 5.57. The van der Waals surface area contributed by atoms with Crippen LogP contribution < -0.4 is 39.8 Å². The number of benzene rings is 3. The summed E-state index contributed by atoms with van der Waals surface area (Å²) in [7, 11) is 11.8. The predicted molar refractivity (Wildman–Crippen MR) is 288 cm³/mol. The first kappa shape index (κ1) is 59.1. The smallest absolute Gasteiger partial charge is 0.162 e. The van der Waals surface area contributed by atoms with Crippen LogP contribution in [0.25, 0.3) is 45.3 Å². The maximum absolute atomic E-state index is 10.0. The molecule has 0 amide bonds. The molecule has 3 aromatic heterocycles. The standard InChI is InChI=1S/C27H40N6O4.C25H32N4O5.C2H6/c1-20(2)17-33-18-22(15-29-33)25-14-26(32(9-11-35-4)10-12-36-5)31-27(30-25)21-7-6-8-24(13-21)37-19-23(34)16-28-3;1-26-15-19(30)16-34-20-7-5-6-18(12-20)25-28-21(14-24(29-25)27-10-11-31-2)17-8-9-22(32-3)23(13-17)33-4;1-2/h6-8,13-15,18,20,23,28,34H,9-12,16-17,19H2,1-5H3;5-9,12-14,19,26,30H,10-11,15-16H2,1-4H3,(H,27,28,29);1-2H3. The zero-order valence-corrected chi connectivity index (χ0v) is 44.6. The van der Waals surface area contributed by atoms with Gasteiger partial charge < -0.3 is 64.2 Å². The highest BCUT2D eigenvalue weighted by atomic mass is 16.5. The van der Waals surface area contributed by atoms with Gasteiger partial charge in [-0.3, -0.25) is 4.68 Å². The maximum Gasteiger partial charge on any atom is 0.162 e. The SMILES string of the molecule is CC.CNCC(O)COc1cccc(-c2nc(-c3cnn(CC(C)C)c3)cc(N(CCOC)CCOC)n2)c1.CNCC(O)COc1cccc(-c2nc(NCCOC)cc(-c3ccc(OC)c(OC)c3)n2)c1. The van der Waals surface area contributed by atoms with Crippen LogP contribution in [0.5, 0.6) is 23.0 Å². The lowest BCUT2D eigenvalue weighted by Gasteiger charge is -2.24. The molecular weight excluding hydrogens is 933 g/mol. The van der Waals surface area contributed by atoms with Gasteiger partial charge in [0.2, 0.25) is 0 Å². The average Bonchev–Trinajstić information content (AvgIpc) is 3.88. The van der Waals surface area contributed by atoms with Gasteiger partial charge in [-0.2, -0.15) is 5.10 Å². The third-order valence-corrected chi connectivity index (χ3v) is 10.6. The summed E-state index contributed by atoms with van der Waals surface area (Å²) in [5, 5.41) is 33.6. The van der Waals surface area contributed by atoms with E-state index in [9.17, 15) is 10.2 Å². The van der Waals surface area contributed by atoms with E-state index in [1.165, 1.54) is 0 Å². The Bertz CT molecular complexity index is 2490. The number of methoxy groups -OCH3 is 5. The van der Waals surface area contributed by atoms with Gasteiger partial charge >= 0.3 is 0 Å². The van der Waals surface area contributed by atoms with Crippen molar-refractivity contribution in [2.45, 2.75) is 46.4 Å². The number of nitrogens with zero attached hydrogens (tertiary/aromatic N) is 7. The molecule has 2 atom stereocenters. The Hall–Kier alpha value is -6.45. The van der Waals surface area contributed by atoms with Gasteiger partial charge in [-0.1, -0.05) is 52.0 Å². The van der Waals surface area contributed by atoms with Crippen LogP contribution in [0.4, 0.5) is 11.6 Å². The molecule has 19 heteroatoms. The number of nitrogens with one attached hydrogen (secondary N) is 3. The van der Waals surface area contributed by atoms with E-state index >= 15 is 0 Å². The van der Waals surface area contributed by atoms with Crippen molar-refractivity contribution in [3.8, 4) is 68.3 Å². The number of ether oxygens (including phenoxy) is 7. The van der Waals surface area contributed by atoms with Gasteiger partial charge in [0.25, 0.3) is 0 Å². The van der Waals surface area contributed by atoms with Crippen LogP contribution >= 0.6 is 0 Å². The van der Waals surface area contributed by atoms with Crippen LogP contribution in [0.2, 0.25) is 0 Å². The summed E-state index contributed by atoms with van der Waals surface area (Å²) in [4.78, 5) is 21.5. The van der Waals surface area contributed by atoms with Gasteiger partial charge in [-0.25, -0.2) is 19.9 Å². The molecule has 6 aromatic rings. The monoisotopic (exact) mass is 1010 g/mol. The van der Waals surface area contributed by atoms with E-state index in [1.54, 1.807) is 49.6 Å². The summed E-state index contributed by atoms with van der Waals surface area (Å²) in [6.07, 6.45) is 2.66. The molecule has 3 aromatic carbocycles. The Morgan fingerprint density at radius 2 is 1.18 bits per heavy atom. The van der Waals surface area contributed by atoms with Gasteiger partial charge in [-0.05, 0) is 62.5 Å². The fourth-order valence-corrected chi connectivity index (χ4v) is 7.10. The van der Waals surface area contributed by atoms with Crippen molar-refractivity contribution < 1.29 is 43.4 Å². The van der Waals surface area contributed by atoms with Gasteiger partial charge in [0.15, 0.2) is 23.1 Å². The number of anilines is 2. The Morgan fingerprint density at radius 1 is 0.616 bits per heavy atom. The molecule has 0 saturated carbocycles. The van der Waals surface area contributed by atoms with Crippen LogP contribution in [0.1, 0.15) is 27.7 Å². The number of rotatable bonds is 29. The quantitative estimate of drug-likeness (QED) is 0.0313. The lowest BCUT2D eigenvalue weighted by Crippen LogP contribution is -2.31. The van der Waals surface area contributed by atoms with Crippen LogP contribution in [-0.4, -0.2) is 168 Å². The summed E-state index contributed by atoms with van der Waals surface area (Å²) >= 11 is 0. The predicted octanol–water partition coefficient (Wildman–Crippen LogP) is 6.59. The first-order chi connectivity index (χ1) is 35.5. The van der Waals surface area contributed by atoms with Crippen LogP contribution in [-0.2, 0) is 20.8 Å². The largest absolute Gasteiger partial charge is 0.493 e. The average molecular weight is 1010 g/mol. The van der Waals surface area contributed by atoms with E-state index in [-0.39, 0.29) is 13.2 Å². The Labute approximate surface area is 431 Å². The first-order valence-corrected chi connectivity index (χ1v) is 24.6. The zero-order valence-electron chi connectivity index (χ0n) is 44.6. The van der Waals surface area contributed by atoms with Gasteiger partial charge in [0.1, 0.15) is 48.6 Å². The Kier molecular flexibility index (Phi) is 26.4. The number of likely N-dealkylation sites (N-methyl/N-ethyl adjacent to an activating group) is 2. The molecule has 0 aliphatic rings. The highest BCUT2D eigenvalue weighted by molar-refractivity contribution is 5.71.